The van der Waals surface area contributed by atoms with Crippen molar-refractivity contribution in [2.45, 2.75) is 20.8 Å². The Kier molecular flexibility index (Phi) is 4.05. The third kappa shape index (κ3) is 3.04. The molecule has 0 fully saturated rings. The highest BCUT2D eigenvalue weighted by molar-refractivity contribution is 9.10. The van der Waals surface area contributed by atoms with Crippen LogP contribution < -0.4 is 5.32 Å². The minimum atomic E-state index is -0.0949. The molecule has 0 unspecified atom stereocenters. The molecule has 0 spiro atoms. The fraction of sp³-hybridized carbons (Fsp3) is 0.188. The predicted octanol–water partition coefficient (Wildman–Crippen LogP) is 4.63. The Hall–Kier alpha value is -1.61. The van der Waals surface area contributed by atoms with Gasteiger partial charge in [0.25, 0.3) is 5.91 Å². The predicted molar refractivity (Wildman–Crippen MR) is 82.7 cm³/mol. The summed E-state index contributed by atoms with van der Waals surface area (Å²) < 4.78 is 0.801. The van der Waals surface area contributed by atoms with Gasteiger partial charge in [-0.2, -0.15) is 0 Å². The molecule has 0 atom stereocenters. The third-order valence-corrected chi connectivity index (χ3v) is 3.73. The van der Waals surface area contributed by atoms with E-state index in [-0.39, 0.29) is 5.91 Å². The molecule has 2 rings (SSSR count). The molecular weight excluding hydrogens is 302 g/mol. The summed E-state index contributed by atoms with van der Waals surface area (Å²) in [6.45, 7) is 6.07. The summed E-state index contributed by atoms with van der Waals surface area (Å²) >= 11 is 3.40. The first-order chi connectivity index (χ1) is 8.99. The summed E-state index contributed by atoms with van der Waals surface area (Å²) in [5, 5.41) is 2.99. The van der Waals surface area contributed by atoms with Crippen molar-refractivity contribution in [3.05, 3.63) is 63.1 Å². The summed E-state index contributed by atoms with van der Waals surface area (Å²) in [5.41, 5.74) is 4.90. The molecule has 0 saturated heterocycles. The van der Waals surface area contributed by atoms with Crippen LogP contribution in [0.3, 0.4) is 0 Å². The van der Waals surface area contributed by atoms with Crippen molar-refractivity contribution >= 4 is 27.5 Å². The van der Waals surface area contributed by atoms with Crippen LogP contribution in [0.1, 0.15) is 27.0 Å². The van der Waals surface area contributed by atoms with Crippen molar-refractivity contribution in [3.63, 3.8) is 0 Å². The minimum absolute atomic E-state index is 0.0949. The highest BCUT2D eigenvalue weighted by Crippen LogP contribution is 2.24. The second kappa shape index (κ2) is 5.57. The highest BCUT2D eigenvalue weighted by atomic mass is 79.9. The van der Waals surface area contributed by atoms with Crippen LogP contribution in [0.5, 0.6) is 0 Å². The lowest BCUT2D eigenvalue weighted by atomic mass is 10.0. The minimum Gasteiger partial charge on any atom is -0.321 e. The molecule has 1 N–H and O–H groups in total. The van der Waals surface area contributed by atoms with Gasteiger partial charge < -0.3 is 5.32 Å². The first kappa shape index (κ1) is 13.8. The van der Waals surface area contributed by atoms with Crippen LogP contribution in [0.15, 0.2) is 40.9 Å². The molecule has 0 aromatic heterocycles. The second-order valence-corrected chi connectivity index (χ2v) is 5.56. The Bertz CT molecular complexity index is 611. The summed E-state index contributed by atoms with van der Waals surface area (Å²) in [6.07, 6.45) is 0. The van der Waals surface area contributed by atoms with Crippen molar-refractivity contribution in [1.29, 1.82) is 0 Å². The third-order valence-electron chi connectivity index (χ3n) is 3.03. The lowest BCUT2D eigenvalue weighted by Crippen LogP contribution is -2.14. The number of carbonyl (C=O) groups excluding carboxylic acids is 1. The van der Waals surface area contributed by atoms with Crippen molar-refractivity contribution < 1.29 is 4.79 Å². The fourth-order valence-corrected chi connectivity index (χ4v) is 2.67. The van der Waals surface area contributed by atoms with Gasteiger partial charge in [-0.05, 0) is 60.0 Å². The molecule has 0 saturated carbocycles. The van der Waals surface area contributed by atoms with Crippen LogP contribution in [0.25, 0.3) is 0 Å². The SMILES string of the molecule is Cc1cc(C)c(NC(=O)c2ccccc2Br)c(C)c1. The molecule has 0 radical (unpaired) electrons. The topological polar surface area (TPSA) is 29.1 Å². The van der Waals surface area contributed by atoms with Gasteiger partial charge in [-0.3, -0.25) is 4.79 Å². The smallest absolute Gasteiger partial charge is 0.256 e. The Morgan fingerprint density at radius 2 is 1.63 bits per heavy atom. The van der Waals surface area contributed by atoms with Gasteiger partial charge in [0.15, 0.2) is 0 Å². The maximum absolute atomic E-state index is 12.3. The molecule has 3 heteroatoms. The maximum atomic E-state index is 12.3. The van der Waals surface area contributed by atoms with Crippen LogP contribution in [0, 0.1) is 20.8 Å². The van der Waals surface area contributed by atoms with E-state index < -0.39 is 0 Å². The number of hydrogen-bond donors (Lipinski definition) is 1. The van der Waals surface area contributed by atoms with Gasteiger partial charge in [0, 0.05) is 10.2 Å². The van der Waals surface area contributed by atoms with E-state index in [2.05, 4.69) is 40.3 Å². The summed E-state index contributed by atoms with van der Waals surface area (Å²) in [6, 6.07) is 11.6. The van der Waals surface area contributed by atoms with E-state index in [1.807, 2.05) is 32.0 Å². The number of aryl methyl sites for hydroxylation is 3. The lowest BCUT2D eigenvalue weighted by molar-refractivity contribution is 0.102. The van der Waals surface area contributed by atoms with Crippen LogP contribution in [0.4, 0.5) is 5.69 Å². The van der Waals surface area contributed by atoms with E-state index >= 15 is 0 Å². The van der Waals surface area contributed by atoms with E-state index in [4.69, 9.17) is 0 Å². The Labute approximate surface area is 122 Å². The van der Waals surface area contributed by atoms with Crippen LogP contribution >= 0.6 is 15.9 Å². The van der Waals surface area contributed by atoms with Crippen LogP contribution in [-0.2, 0) is 0 Å². The van der Waals surface area contributed by atoms with Gasteiger partial charge >= 0.3 is 0 Å². The van der Waals surface area contributed by atoms with Gasteiger partial charge in [-0.15, -0.1) is 0 Å². The van der Waals surface area contributed by atoms with Crippen molar-refractivity contribution in [2.75, 3.05) is 5.32 Å². The molecule has 0 aliphatic rings. The molecule has 2 aromatic rings. The molecule has 98 valence electrons. The van der Waals surface area contributed by atoms with E-state index in [1.54, 1.807) is 6.07 Å². The van der Waals surface area contributed by atoms with Gasteiger partial charge in [-0.25, -0.2) is 0 Å². The Balaban J connectivity index is 2.32. The number of amides is 1. The zero-order valence-electron chi connectivity index (χ0n) is 11.3. The molecule has 19 heavy (non-hydrogen) atoms. The number of halogens is 1. The van der Waals surface area contributed by atoms with Crippen molar-refractivity contribution in [2.24, 2.45) is 0 Å². The first-order valence-corrected chi connectivity index (χ1v) is 6.92. The maximum Gasteiger partial charge on any atom is 0.256 e. The highest BCUT2D eigenvalue weighted by Gasteiger charge is 2.12. The molecule has 0 aliphatic carbocycles. The number of benzene rings is 2. The first-order valence-electron chi connectivity index (χ1n) is 6.13. The van der Waals surface area contributed by atoms with Crippen LogP contribution in [0.2, 0.25) is 0 Å². The van der Waals surface area contributed by atoms with Gasteiger partial charge in [0.05, 0.1) is 5.56 Å². The zero-order valence-corrected chi connectivity index (χ0v) is 12.8. The number of anilines is 1. The quantitative estimate of drug-likeness (QED) is 0.859. The Morgan fingerprint density at radius 3 is 2.21 bits per heavy atom. The summed E-state index contributed by atoms with van der Waals surface area (Å²) in [5.74, 6) is -0.0949. The molecular formula is C16H16BrNO. The van der Waals surface area contributed by atoms with Gasteiger partial charge in [-0.1, -0.05) is 29.8 Å². The van der Waals surface area contributed by atoms with Crippen LogP contribution in [-0.4, -0.2) is 5.91 Å². The van der Waals surface area contributed by atoms with Crippen molar-refractivity contribution in [1.82, 2.24) is 0 Å². The average Bonchev–Trinajstić information content (AvgIpc) is 2.34. The zero-order chi connectivity index (χ0) is 14.0. The van der Waals surface area contributed by atoms with Gasteiger partial charge in [0.1, 0.15) is 0 Å². The lowest BCUT2D eigenvalue weighted by Gasteiger charge is -2.13. The van der Waals surface area contributed by atoms with Gasteiger partial charge in [0.2, 0.25) is 0 Å². The number of nitrogens with one attached hydrogen (secondary N) is 1. The molecule has 0 aliphatic heterocycles. The fourth-order valence-electron chi connectivity index (χ4n) is 2.20. The van der Waals surface area contributed by atoms with E-state index in [0.29, 0.717) is 5.56 Å². The van der Waals surface area contributed by atoms with E-state index in [9.17, 15) is 4.79 Å². The monoisotopic (exact) mass is 317 g/mol. The van der Waals surface area contributed by atoms with Crippen molar-refractivity contribution in [3.8, 4) is 0 Å². The molecule has 2 aromatic carbocycles. The largest absolute Gasteiger partial charge is 0.321 e. The van der Waals surface area contributed by atoms with E-state index in [1.165, 1.54) is 5.56 Å². The summed E-state index contributed by atoms with van der Waals surface area (Å²) in [7, 11) is 0. The molecule has 0 bridgehead atoms. The Morgan fingerprint density at radius 1 is 1.05 bits per heavy atom. The van der Waals surface area contributed by atoms with E-state index in [0.717, 1.165) is 21.3 Å². The molecule has 1 amide bonds. The molecule has 0 heterocycles. The average molecular weight is 318 g/mol. The summed E-state index contributed by atoms with van der Waals surface area (Å²) in [4.78, 5) is 12.3. The number of hydrogen-bond acceptors (Lipinski definition) is 1. The molecule has 2 nitrogen and oxygen atoms in total. The second-order valence-electron chi connectivity index (χ2n) is 4.71. The normalized spacial score (nSPS) is 10.3. The number of rotatable bonds is 2. The standard InChI is InChI=1S/C16H16BrNO/c1-10-8-11(2)15(12(3)9-10)18-16(19)13-6-4-5-7-14(13)17/h4-9H,1-3H3,(H,18,19). The number of carbonyl (C=O) groups is 1.